The molecule has 2 heterocycles. The van der Waals surface area contributed by atoms with Crippen LogP contribution in [0.3, 0.4) is 0 Å². The molecule has 0 aliphatic rings. The smallest absolute Gasteiger partial charge is 0.237 e. The Kier molecular flexibility index (Phi) is 7.84. The summed E-state index contributed by atoms with van der Waals surface area (Å²) < 4.78 is 0.750. The minimum absolute atomic E-state index is 0.0474. The van der Waals surface area contributed by atoms with Crippen LogP contribution in [0.15, 0.2) is 52.2 Å². The number of nitriles is 1. The lowest BCUT2D eigenvalue weighted by molar-refractivity contribution is -0.116. The first-order valence-electron chi connectivity index (χ1n) is 8.71. The summed E-state index contributed by atoms with van der Waals surface area (Å²) in [6.45, 7) is 1.18. The lowest BCUT2D eigenvalue weighted by atomic mass is 10.2. The molecule has 0 saturated carbocycles. The molecule has 6 nitrogen and oxygen atoms in total. The predicted molar refractivity (Wildman–Crippen MR) is 116 cm³/mol. The number of nitrogens with one attached hydrogen (secondary N) is 1. The van der Waals surface area contributed by atoms with E-state index in [0.717, 1.165) is 28.1 Å². The Hall–Kier alpha value is -2.41. The minimum atomic E-state index is -0.0474. The largest absolute Gasteiger partial charge is 0.360 e. The number of benzene rings is 1. The summed E-state index contributed by atoms with van der Waals surface area (Å²) in [5, 5.41) is 23.3. The van der Waals surface area contributed by atoms with Crippen LogP contribution in [0, 0.1) is 11.3 Å². The highest BCUT2D eigenvalue weighted by Crippen LogP contribution is 2.26. The number of thiophene rings is 1. The second kappa shape index (κ2) is 10.8. The quantitative estimate of drug-likeness (QED) is 0.484. The number of hydrogen-bond donors (Lipinski definition) is 1. The first-order chi connectivity index (χ1) is 13.8. The average molecular weight is 430 g/mol. The van der Waals surface area contributed by atoms with E-state index >= 15 is 0 Å². The van der Waals surface area contributed by atoms with Crippen molar-refractivity contribution in [3.8, 4) is 6.07 Å². The summed E-state index contributed by atoms with van der Waals surface area (Å²) in [7, 11) is 0. The van der Waals surface area contributed by atoms with Gasteiger partial charge in [0.05, 0.1) is 18.2 Å². The van der Waals surface area contributed by atoms with E-state index in [1.165, 1.54) is 28.0 Å². The Labute approximate surface area is 176 Å². The third-order valence-electron chi connectivity index (χ3n) is 3.77. The number of aromatic nitrogens is 2. The molecule has 0 radical (unpaired) electrons. The Morgan fingerprint density at radius 3 is 2.82 bits per heavy atom. The molecule has 0 unspecified atom stereocenters. The first kappa shape index (κ1) is 20.3. The van der Waals surface area contributed by atoms with E-state index in [4.69, 9.17) is 5.26 Å². The molecule has 0 fully saturated rings. The van der Waals surface area contributed by atoms with Crippen molar-refractivity contribution in [3.63, 3.8) is 0 Å². The van der Waals surface area contributed by atoms with Crippen LogP contribution in [-0.2, 0) is 11.2 Å². The van der Waals surface area contributed by atoms with Gasteiger partial charge >= 0.3 is 0 Å². The summed E-state index contributed by atoms with van der Waals surface area (Å²) in [6, 6.07) is 15.7. The number of carbonyl (C=O) groups excluding carboxylic acids is 1. The number of carbonyl (C=O) groups is 1. The Morgan fingerprint density at radius 1 is 1.21 bits per heavy atom. The maximum Gasteiger partial charge on any atom is 0.237 e. The van der Waals surface area contributed by atoms with Crippen molar-refractivity contribution in [2.45, 2.75) is 17.2 Å². The summed E-state index contributed by atoms with van der Waals surface area (Å²) in [5.74, 6) is 0.207. The maximum atomic E-state index is 12.7. The molecule has 9 heteroatoms. The lowest BCUT2D eigenvalue weighted by Crippen LogP contribution is -2.33. The van der Waals surface area contributed by atoms with Crippen molar-refractivity contribution in [3.05, 3.63) is 52.7 Å². The van der Waals surface area contributed by atoms with Gasteiger partial charge in [-0.3, -0.25) is 4.79 Å². The van der Waals surface area contributed by atoms with Crippen LogP contribution in [0.4, 0.5) is 10.8 Å². The van der Waals surface area contributed by atoms with Crippen molar-refractivity contribution in [2.24, 2.45) is 0 Å². The fourth-order valence-electron chi connectivity index (χ4n) is 2.46. The highest BCUT2D eigenvalue weighted by atomic mass is 32.2. The number of anilines is 2. The van der Waals surface area contributed by atoms with Crippen LogP contribution in [0.1, 0.15) is 11.3 Å². The van der Waals surface area contributed by atoms with Gasteiger partial charge in [0.2, 0.25) is 11.0 Å². The van der Waals surface area contributed by atoms with Crippen LogP contribution in [-0.4, -0.2) is 34.9 Å². The number of thioether (sulfide) groups is 1. The van der Waals surface area contributed by atoms with E-state index in [9.17, 15) is 4.79 Å². The first-order valence-corrected chi connectivity index (χ1v) is 11.4. The van der Waals surface area contributed by atoms with Crippen molar-refractivity contribution < 1.29 is 4.79 Å². The lowest BCUT2D eigenvalue weighted by Gasteiger charge is -2.21. The van der Waals surface area contributed by atoms with Gasteiger partial charge in [0.1, 0.15) is 0 Å². The molecule has 1 amide bonds. The molecular weight excluding hydrogens is 410 g/mol. The topological polar surface area (TPSA) is 81.9 Å². The number of rotatable bonds is 10. The van der Waals surface area contributed by atoms with Crippen LogP contribution in [0.2, 0.25) is 0 Å². The zero-order valence-electron chi connectivity index (χ0n) is 15.1. The highest BCUT2D eigenvalue weighted by Gasteiger charge is 2.16. The predicted octanol–water partition coefficient (Wildman–Crippen LogP) is 4.29. The molecule has 3 aromatic rings. The number of amides is 1. The van der Waals surface area contributed by atoms with Crippen molar-refractivity contribution in [2.75, 3.05) is 29.1 Å². The normalized spacial score (nSPS) is 10.4. The molecule has 0 bridgehead atoms. The van der Waals surface area contributed by atoms with E-state index in [0.29, 0.717) is 13.0 Å². The van der Waals surface area contributed by atoms with Gasteiger partial charge in [-0.2, -0.15) is 5.26 Å². The van der Waals surface area contributed by atoms with Gasteiger partial charge in [0, 0.05) is 23.7 Å². The molecule has 1 N–H and O–H groups in total. The third kappa shape index (κ3) is 6.05. The fourth-order valence-corrected chi connectivity index (χ4v) is 4.82. The molecule has 0 atom stereocenters. The van der Waals surface area contributed by atoms with Crippen LogP contribution >= 0.6 is 34.4 Å². The van der Waals surface area contributed by atoms with Gasteiger partial charge in [-0.15, -0.1) is 21.5 Å². The standard InChI is InChI=1S/C19H19N5OS3/c20-10-5-12-24(15-6-2-1-3-7-15)17(25)14-27-19-23-22-18(28-19)21-11-9-16-8-4-13-26-16/h1-4,6-8,13H,5,9,11-12,14H2,(H,21,22). The molecule has 144 valence electrons. The zero-order chi connectivity index (χ0) is 19.6. The second-order valence-electron chi connectivity index (χ2n) is 5.71. The van der Waals surface area contributed by atoms with Crippen LogP contribution in [0.25, 0.3) is 0 Å². The molecular formula is C19H19N5OS3. The SMILES string of the molecule is N#CCCN(C(=O)CSc1nnc(NCCc2cccs2)s1)c1ccccc1. The second-order valence-corrected chi connectivity index (χ2v) is 8.94. The van der Waals surface area contributed by atoms with Crippen LogP contribution in [0.5, 0.6) is 0 Å². The fraction of sp³-hybridized carbons (Fsp3) is 0.263. The van der Waals surface area contributed by atoms with Crippen LogP contribution < -0.4 is 10.2 Å². The monoisotopic (exact) mass is 429 g/mol. The number of nitrogens with zero attached hydrogens (tertiary/aromatic N) is 4. The van der Waals surface area contributed by atoms with Gasteiger partial charge in [-0.25, -0.2) is 0 Å². The molecule has 0 saturated heterocycles. The Balaban J connectivity index is 1.50. The van der Waals surface area contributed by atoms with Gasteiger partial charge in [-0.1, -0.05) is 47.4 Å². The van der Waals surface area contributed by atoms with Gasteiger partial charge < -0.3 is 10.2 Å². The number of para-hydroxylation sites is 1. The van der Waals surface area contributed by atoms with E-state index in [1.54, 1.807) is 16.2 Å². The summed E-state index contributed by atoms with van der Waals surface area (Å²) in [5.41, 5.74) is 0.802. The minimum Gasteiger partial charge on any atom is -0.360 e. The summed E-state index contributed by atoms with van der Waals surface area (Å²) in [4.78, 5) is 15.7. The van der Waals surface area contributed by atoms with E-state index in [1.807, 2.05) is 36.4 Å². The van der Waals surface area contributed by atoms with Crippen molar-refractivity contribution in [1.82, 2.24) is 10.2 Å². The Bertz CT molecular complexity index is 905. The van der Waals surface area contributed by atoms with Crippen molar-refractivity contribution in [1.29, 1.82) is 5.26 Å². The van der Waals surface area contributed by atoms with E-state index in [2.05, 4.69) is 33.0 Å². The van der Waals surface area contributed by atoms with Gasteiger partial charge in [0.15, 0.2) is 4.34 Å². The number of hydrogen-bond acceptors (Lipinski definition) is 8. The molecule has 0 aliphatic carbocycles. The van der Waals surface area contributed by atoms with E-state index < -0.39 is 0 Å². The third-order valence-corrected chi connectivity index (χ3v) is 6.70. The highest BCUT2D eigenvalue weighted by molar-refractivity contribution is 8.01. The molecule has 0 spiro atoms. The van der Waals surface area contributed by atoms with Gasteiger partial charge in [-0.05, 0) is 30.0 Å². The summed E-state index contributed by atoms with van der Waals surface area (Å²) in [6.07, 6.45) is 1.24. The van der Waals surface area contributed by atoms with Gasteiger partial charge in [0.25, 0.3) is 0 Å². The maximum absolute atomic E-state index is 12.7. The molecule has 3 rings (SSSR count). The average Bonchev–Trinajstić information content (AvgIpc) is 3.40. The zero-order valence-corrected chi connectivity index (χ0v) is 17.5. The Morgan fingerprint density at radius 2 is 2.07 bits per heavy atom. The molecule has 2 aromatic heterocycles. The molecule has 0 aliphatic heterocycles. The molecule has 28 heavy (non-hydrogen) atoms. The molecule has 1 aromatic carbocycles. The van der Waals surface area contributed by atoms with E-state index in [-0.39, 0.29) is 11.7 Å². The van der Waals surface area contributed by atoms with Crippen molar-refractivity contribution >= 4 is 51.2 Å². The summed E-state index contributed by atoms with van der Waals surface area (Å²) >= 11 is 4.56.